The fourth-order valence-electron chi connectivity index (χ4n) is 2.47. The number of amides is 1. The number of aromatic nitrogens is 2. The highest BCUT2D eigenvalue weighted by Gasteiger charge is 2.14. The van der Waals surface area contributed by atoms with Gasteiger partial charge >= 0.3 is 0 Å². The number of imidazole rings is 1. The summed E-state index contributed by atoms with van der Waals surface area (Å²) in [6.45, 7) is 6.22. The SMILES string of the molecule is CCCCCCN(CCCCCC)C(=O)Cc1c[nH]cn1. The summed E-state index contributed by atoms with van der Waals surface area (Å²) in [6, 6.07) is 0. The minimum Gasteiger partial charge on any atom is -0.351 e. The molecule has 21 heavy (non-hydrogen) atoms. The van der Waals surface area contributed by atoms with Crippen LogP contribution in [0.15, 0.2) is 12.5 Å². The second-order valence-electron chi connectivity index (χ2n) is 5.74. The third kappa shape index (κ3) is 7.88. The highest BCUT2D eigenvalue weighted by atomic mass is 16.2. The van der Waals surface area contributed by atoms with E-state index in [1.54, 1.807) is 6.33 Å². The number of rotatable bonds is 12. The van der Waals surface area contributed by atoms with Gasteiger partial charge in [-0.1, -0.05) is 52.4 Å². The number of unbranched alkanes of at least 4 members (excludes halogenated alkanes) is 6. The quantitative estimate of drug-likeness (QED) is 0.593. The molecule has 1 aromatic heterocycles. The Morgan fingerprint density at radius 3 is 2.14 bits per heavy atom. The highest BCUT2D eigenvalue weighted by molar-refractivity contribution is 5.78. The smallest absolute Gasteiger partial charge is 0.228 e. The number of aromatic amines is 1. The lowest BCUT2D eigenvalue weighted by atomic mass is 10.1. The van der Waals surface area contributed by atoms with Crippen molar-refractivity contribution < 1.29 is 4.79 Å². The van der Waals surface area contributed by atoms with Gasteiger partial charge in [0.25, 0.3) is 0 Å². The molecule has 4 nitrogen and oxygen atoms in total. The molecule has 120 valence electrons. The van der Waals surface area contributed by atoms with Crippen LogP contribution in [0, 0.1) is 0 Å². The summed E-state index contributed by atoms with van der Waals surface area (Å²) in [7, 11) is 0. The summed E-state index contributed by atoms with van der Waals surface area (Å²) in [5.41, 5.74) is 0.840. The molecule has 1 heterocycles. The van der Waals surface area contributed by atoms with E-state index in [2.05, 4.69) is 23.8 Å². The fourth-order valence-corrected chi connectivity index (χ4v) is 2.47. The third-order valence-corrected chi connectivity index (χ3v) is 3.80. The van der Waals surface area contributed by atoms with Crippen LogP contribution >= 0.6 is 0 Å². The van der Waals surface area contributed by atoms with E-state index in [1.807, 2.05) is 11.1 Å². The molecule has 0 saturated carbocycles. The Labute approximate surface area is 129 Å². The molecule has 1 rings (SSSR count). The van der Waals surface area contributed by atoms with Gasteiger partial charge in [-0.05, 0) is 12.8 Å². The average molecular weight is 293 g/mol. The largest absolute Gasteiger partial charge is 0.351 e. The van der Waals surface area contributed by atoms with Crippen molar-refractivity contribution in [2.45, 2.75) is 71.6 Å². The first-order valence-corrected chi connectivity index (χ1v) is 8.53. The zero-order chi connectivity index (χ0) is 15.3. The van der Waals surface area contributed by atoms with Gasteiger partial charge in [-0.25, -0.2) is 4.98 Å². The van der Waals surface area contributed by atoms with Crippen LogP contribution in [0.25, 0.3) is 0 Å². The van der Waals surface area contributed by atoms with Gasteiger partial charge in [0.1, 0.15) is 0 Å². The summed E-state index contributed by atoms with van der Waals surface area (Å²) in [4.78, 5) is 21.5. The molecule has 0 spiro atoms. The molecule has 0 radical (unpaired) electrons. The molecule has 0 atom stereocenters. The van der Waals surface area contributed by atoms with Crippen LogP contribution in [-0.2, 0) is 11.2 Å². The zero-order valence-corrected chi connectivity index (χ0v) is 13.7. The van der Waals surface area contributed by atoms with Crippen molar-refractivity contribution in [3.05, 3.63) is 18.2 Å². The maximum Gasteiger partial charge on any atom is 0.228 e. The van der Waals surface area contributed by atoms with Crippen molar-refractivity contribution in [2.75, 3.05) is 13.1 Å². The van der Waals surface area contributed by atoms with Crippen molar-refractivity contribution in [2.24, 2.45) is 0 Å². The average Bonchev–Trinajstić information content (AvgIpc) is 2.98. The summed E-state index contributed by atoms with van der Waals surface area (Å²) in [5, 5.41) is 0. The van der Waals surface area contributed by atoms with Gasteiger partial charge in [0.2, 0.25) is 5.91 Å². The lowest BCUT2D eigenvalue weighted by Gasteiger charge is -2.22. The Kier molecular flexibility index (Phi) is 9.58. The van der Waals surface area contributed by atoms with Crippen LogP contribution in [0.2, 0.25) is 0 Å². The Morgan fingerprint density at radius 2 is 1.67 bits per heavy atom. The molecule has 0 bridgehead atoms. The first-order valence-electron chi connectivity index (χ1n) is 8.53. The standard InChI is InChI=1S/C17H31N3O/c1-3-5-7-9-11-20(12-10-8-6-4-2)17(21)13-16-14-18-15-19-16/h14-15H,3-13H2,1-2H3,(H,18,19). The van der Waals surface area contributed by atoms with Crippen LogP contribution < -0.4 is 0 Å². The van der Waals surface area contributed by atoms with E-state index in [-0.39, 0.29) is 5.91 Å². The maximum absolute atomic E-state index is 12.4. The predicted molar refractivity (Wildman–Crippen MR) is 87.2 cm³/mol. The first kappa shape index (κ1) is 17.7. The minimum atomic E-state index is 0.218. The molecule has 0 fully saturated rings. The Bertz CT molecular complexity index is 350. The number of carbonyl (C=O) groups is 1. The van der Waals surface area contributed by atoms with Gasteiger partial charge in [-0.2, -0.15) is 0 Å². The molecule has 0 saturated heterocycles. The lowest BCUT2D eigenvalue weighted by molar-refractivity contribution is -0.130. The van der Waals surface area contributed by atoms with Crippen molar-refractivity contribution >= 4 is 5.91 Å². The highest BCUT2D eigenvalue weighted by Crippen LogP contribution is 2.07. The van der Waals surface area contributed by atoms with Crippen LogP contribution in [-0.4, -0.2) is 33.9 Å². The van der Waals surface area contributed by atoms with E-state index < -0.39 is 0 Å². The van der Waals surface area contributed by atoms with Gasteiger partial charge in [0.15, 0.2) is 0 Å². The van der Waals surface area contributed by atoms with Crippen molar-refractivity contribution in [1.29, 1.82) is 0 Å². The lowest BCUT2D eigenvalue weighted by Crippen LogP contribution is -2.34. The number of hydrogen-bond acceptors (Lipinski definition) is 2. The minimum absolute atomic E-state index is 0.218. The molecule has 0 aliphatic rings. The van der Waals surface area contributed by atoms with Crippen LogP contribution in [0.5, 0.6) is 0 Å². The van der Waals surface area contributed by atoms with E-state index in [0.29, 0.717) is 6.42 Å². The van der Waals surface area contributed by atoms with Gasteiger partial charge < -0.3 is 9.88 Å². The number of H-pyrrole nitrogens is 1. The molecule has 0 aliphatic carbocycles. The maximum atomic E-state index is 12.4. The van der Waals surface area contributed by atoms with E-state index in [1.165, 1.54) is 38.5 Å². The van der Waals surface area contributed by atoms with Crippen LogP contribution in [0.4, 0.5) is 0 Å². The molecule has 0 aliphatic heterocycles. The van der Waals surface area contributed by atoms with Crippen molar-refractivity contribution in [3.8, 4) is 0 Å². The second-order valence-corrected chi connectivity index (χ2v) is 5.74. The predicted octanol–water partition coefficient (Wildman–Crippen LogP) is 3.94. The van der Waals surface area contributed by atoms with Gasteiger partial charge in [-0.3, -0.25) is 4.79 Å². The molecule has 1 aromatic rings. The first-order chi connectivity index (χ1) is 10.3. The monoisotopic (exact) mass is 293 g/mol. The number of hydrogen-bond donors (Lipinski definition) is 1. The molecule has 1 amide bonds. The summed E-state index contributed by atoms with van der Waals surface area (Å²) in [5.74, 6) is 0.218. The normalized spacial score (nSPS) is 10.8. The van der Waals surface area contributed by atoms with Gasteiger partial charge in [-0.15, -0.1) is 0 Å². The van der Waals surface area contributed by atoms with Crippen LogP contribution in [0.1, 0.15) is 70.9 Å². The zero-order valence-electron chi connectivity index (χ0n) is 13.7. The molecular formula is C17H31N3O. The molecule has 0 unspecified atom stereocenters. The van der Waals surface area contributed by atoms with Gasteiger partial charge in [0.05, 0.1) is 18.4 Å². The molecule has 1 N–H and O–H groups in total. The van der Waals surface area contributed by atoms with Crippen LogP contribution in [0.3, 0.4) is 0 Å². The Hall–Kier alpha value is -1.32. The van der Waals surface area contributed by atoms with Gasteiger partial charge in [0, 0.05) is 19.3 Å². The summed E-state index contributed by atoms with van der Waals surface area (Å²) in [6.07, 6.45) is 13.5. The van der Waals surface area contributed by atoms with Crippen molar-refractivity contribution in [1.82, 2.24) is 14.9 Å². The Morgan fingerprint density at radius 1 is 1.05 bits per heavy atom. The molecule has 0 aromatic carbocycles. The Balaban J connectivity index is 2.38. The third-order valence-electron chi connectivity index (χ3n) is 3.80. The fraction of sp³-hybridized carbons (Fsp3) is 0.765. The topological polar surface area (TPSA) is 49.0 Å². The summed E-state index contributed by atoms with van der Waals surface area (Å²) < 4.78 is 0. The van der Waals surface area contributed by atoms with E-state index in [4.69, 9.17) is 0 Å². The van der Waals surface area contributed by atoms with E-state index >= 15 is 0 Å². The molecular weight excluding hydrogens is 262 g/mol. The van der Waals surface area contributed by atoms with Crippen molar-refractivity contribution in [3.63, 3.8) is 0 Å². The number of carbonyl (C=O) groups excluding carboxylic acids is 1. The number of nitrogens with one attached hydrogen (secondary N) is 1. The van der Waals surface area contributed by atoms with E-state index in [9.17, 15) is 4.79 Å². The second kappa shape index (κ2) is 11.4. The van der Waals surface area contributed by atoms with E-state index in [0.717, 1.165) is 31.6 Å². The number of nitrogens with zero attached hydrogens (tertiary/aromatic N) is 2. The summed E-state index contributed by atoms with van der Waals surface area (Å²) >= 11 is 0. The molecule has 4 heteroatoms.